The first-order chi connectivity index (χ1) is 14.4. The first-order valence-electron chi connectivity index (χ1n) is 9.77. The molecule has 1 fully saturated rings. The number of nitrogens with one attached hydrogen (secondary N) is 1. The van der Waals surface area contributed by atoms with Crippen LogP contribution in [0.2, 0.25) is 0 Å². The van der Waals surface area contributed by atoms with Gasteiger partial charge in [0.15, 0.2) is 9.84 Å². The van der Waals surface area contributed by atoms with E-state index >= 15 is 0 Å². The maximum absolute atomic E-state index is 12.6. The summed E-state index contributed by atoms with van der Waals surface area (Å²) in [5.41, 5.74) is 3.01. The van der Waals surface area contributed by atoms with Crippen LogP contribution < -0.4 is 5.32 Å². The van der Waals surface area contributed by atoms with E-state index < -0.39 is 27.4 Å². The number of benzene rings is 2. The van der Waals surface area contributed by atoms with Gasteiger partial charge in [0.25, 0.3) is 0 Å². The van der Waals surface area contributed by atoms with E-state index in [1.54, 1.807) is 0 Å². The molecule has 0 unspecified atom stereocenters. The molecule has 1 N–H and O–H groups in total. The topological polar surface area (TPSA) is 98.8 Å². The van der Waals surface area contributed by atoms with Gasteiger partial charge in [0, 0.05) is 5.92 Å². The van der Waals surface area contributed by atoms with Crippen LogP contribution in [-0.4, -0.2) is 51.2 Å². The SMILES string of the molecule is COC(=O)C1(NC(=O)OCC2c3ccccc3-c3ccccc32)CCS(=O)(=O)CC1. The van der Waals surface area contributed by atoms with Gasteiger partial charge in [-0.2, -0.15) is 0 Å². The zero-order valence-corrected chi connectivity index (χ0v) is 17.4. The van der Waals surface area contributed by atoms with E-state index in [0.29, 0.717) is 0 Å². The van der Waals surface area contributed by atoms with Crippen LogP contribution in [-0.2, 0) is 24.1 Å². The van der Waals surface area contributed by atoms with E-state index in [1.807, 2.05) is 48.5 Å². The van der Waals surface area contributed by atoms with Gasteiger partial charge in [-0.3, -0.25) is 0 Å². The number of sulfone groups is 1. The van der Waals surface area contributed by atoms with E-state index in [-0.39, 0.29) is 36.9 Å². The number of ether oxygens (including phenoxy) is 2. The molecule has 0 atom stereocenters. The average Bonchev–Trinajstić information content (AvgIpc) is 3.07. The van der Waals surface area contributed by atoms with Crippen molar-refractivity contribution in [2.45, 2.75) is 24.3 Å². The Kier molecular flexibility index (Phi) is 5.27. The fourth-order valence-electron chi connectivity index (χ4n) is 4.29. The zero-order chi connectivity index (χ0) is 21.4. The number of hydrogen-bond acceptors (Lipinski definition) is 6. The third-order valence-corrected chi connectivity index (χ3v) is 7.59. The van der Waals surface area contributed by atoms with Crippen molar-refractivity contribution in [1.29, 1.82) is 0 Å². The summed E-state index contributed by atoms with van der Waals surface area (Å²) in [5.74, 6) is -1.15. The van der Waals surface area contributed by atoms with Gasteiger partial charge >= 0.3 is 12.1 Å². The highest BCUT2D eigenvalue weighted by Crippen LogP contribution is 2.44. The number of methoxy groups -OCH3 is 1. The lowest BCUT2D eigenvalue weighted by molar-refractivity contribution is -0.148. The van der Waals surface area contributed by atoms with Crippen molar-refractivity contribution in [3.8, 4) is 11.1 Å². The Hall–Kier alpha value is -2.87. The van der Waals surface area contributed by atoms with E-state index in [4.69, 9.17) is 9.47 Å². The summed E-state index contributed by atoms with van der Waals surface area (Å²) in [7, 11) is -2.01. The molecule has 0 radical (unpaired) electrons. The van der Waals surface area contributed by atoms with Gasteiger partial charge in [0.1, 0.15) is 12.1 Å². The fourth-order valence-corrected chi connectivity index (χ4v) is 5.81. The Morgan fingerprint density at radius 1 is 1.00 bits per heavy atom. The van der Waals surface area contributed by atoms with Crippen LogP contribution in [0.1, 0.15) is 29.9 Å². The van der Waals surface area contributed by atoms with Gasteiger partial charge in [-0.05, 0) is 35.1 Å². The standard InChI is InChI=1S/C22H23NO6S/c1-28-20(24)22(10-12-30(26,27)13-11-22)23-21(25)29-14-19-17-8-4-2-6-15(17)16-7-3-5-9-18(16)19/h2-9,19H,10-14H2,1H3,(H,23,25). The van der Waals surface area contributed by atoms with Gasteiger partial charge in [0.05, 0.1) is 18.6 Å². The Labute approximate surface area is 175 Å². The van der Waals surface area contributed by atoms with Crippen LogP contribution in [0, 0.1) is 0 Å². The van der Waals surface area contributed by atoms with Crippen LogP contribution in [0.25, 0.3) is 11.1 Å². The number of amides is 1. The summed E-state index contributed by atoms with van der Waals surface area (Å²) < 4.78 is 33.9. The molecule has 7 nitrogen and oxygen atoms in total. The van der Waals surface area contributed by atoms with E-state index in [9.17, 15) is 18.0 Å². The van der Waals surface area contributed by atoms with Crippen molar-refractivity contribution in [2.75, 3.05) is 25.2 Å². The lowest BCUT2D eigenvalue weighted by Gasteiger charge is -2.34. The molecule has 0 spiro atoms. The van der Waals surface area contributed by atoms with Crippen LogP contribution in [0.15, 0.2) is 48.5 Å². The number of carbonyl (C=O) groups excluding carboxylic acids is 2. The van der Waals surface area contributed by atoms with Crippen molar-refractivity contribution in [3.05, 3.63) is 59.7 Å². The quantitative estimate of drug-likeness (QED) is 0.751. The molecular formula is C22H23NO6S. The van der Waals surface area contributed by atoms with Crippen molar-refractivity contribution < 1.29 is 27.5 Å². The minimum Gasteiger partial charge on any atom is -0.467 e. The third kappa shape index (κ3) is 3.67. The van der Waals surface area contributed by atoms with Gasteiger partial charge in [-0.1, -0.05) is 48.5 Å². The number of hydrogen-bond donors (Lipinski definition) is 1. The lowest BCUT2D eigenvalue weighted by Crippen LogP contribution is -2.59. The number of esters is 1. The first-order valence-corrected chi connectivity index (χ1v) is 11.6. The maximum Gasteiger partial charge on any atom is 0.408 e. The predicted octanol–water partition coefficient (Wildman–Crippen LogP) is 2.65. The highest BCUT2D eigenvalue weighted by molar-refractivity contribution is 7.91. The summed E-state index contributed by atoms with van der Waals surface area (Å²) >= 11 is 0. The van der Waals surface area contributed by atoms with Crippen LogP contribution in [0.3, 0.4) is 0 Å². The second kappa shape index (κ2) is 7.75. The molecule has 2 aromatic rings. The number of fused-ring (bicyclic) bond motifs is 3. The second-order valence-electron chi connectivity index (χ2n) is 7.68. The first kappa shape index (κ1) is 20.4. The molecule has 0 aromatic heterocycles. The Morgan fingerprint density at radius 2 is 1.53 bits per heavy atom. The van der Waals surface area contributed by atoms with Gasteiger partial charge < -0.3 is 14.8 Å². The molecule has 1 aliphatic carbocycles. The van der Waals surface area contributed by atoms with E-state index in [0.717, 1.165) is 22.3 Å². The average molecular weight is 429 g/mol. The molecule has 0 bridgehead atoms. The van der Waals surface area contributed by atoms with Gasteiger partial charge in [-0.25, -0.2) is 18.0 Å². The van der Waals surface area contributed by atoms with Crippen molar-refractivity contribution in [3.63, 3.8) is 0 Å². The number of rotatable bonds is 4. The zero-order valence-electron chi connectivity index (χ0n) is 16.6. The molecular weight excluding hydrogens is 406 g/mol. The molecule has 0 saturated carbocycles. The summed E-state index contributed by atoms with van der Waals surface area (Å²) in [4.78, 5) is 24.9. The molecule has 2 aliphatic rings. The van der Waals surface area contributed by atoms with E-state index in [2.05, 4.69) is 5.32 Å². The Morgan fingerprint density at radius 3 is 2.07 bits per heavy atom. The third-order valence-electron chi connectivity index (χ3n) is 5.94. The van der Waals surface area contributed by atoms with E-state index in [1.165, 1.54) is 7.11 Å². The second-order valence-corrected chi connectivity index (χ2v) is 9.98. The smallest absolute Gasteiger partial charge is 0.408 e. The molecule has 1 aliphatic heterocycles. The monoisotopic (exact) mass is 429 g/mol. The minimum absolute atomic E-state index is 0.0355. The molecule has 1 heterocycles. The lowest BCUT2D eigenvalue weighted by atomic mass is 9.92. The number of alkyl carbamates (subject to hydrolysis) is 1. The summed E-state index contributed by atoms with van der Waals surface area (Å²) in [6, 6.07) is 16.0. The molecule has 8 heteroatoms. The maximum atomic E-state index is 12.6. The summed E-state index contributed by atoms with van der Waals surface area (Å²) in [6.45, 7) is 0.107. The predicted molar refractivity (Wildman–Crippen MR) is 111 cm³/mol. The molecule has 158 valence electrons. The highest BCUT2D eigenvalue weighted by Gasteiger charge is 2.46. The molecule has 2 aromatic carbocycles. The highest BCUT2D eigenvalue weighted by atomic mass is 32.2. The van der Waals surface area contributed by atoms with Crippen molar-refractivity contribution >= 4 is 21.9 Å². The van der Waals surface area contributed by atoms with Gasteiger partial charge in [0.2, 0.25) is 0 Å². The Balaban J connectivity index is 1.49. The molecule has 1 saturated heterocycles. The Bertz CT molecular complexity index is 1030. The molecule has 4 rings (SSSR count). The largest absolute Gasteiger partial charge is 0.467 e. The molecule has 1 amide bonds. The van der Waals surface area contributed by atoms with Crippen molar-refractivity contribution in [2.24, 2.45) is 0 Å². The van der Waals surface area contributed by atoms with Gasteiger partial charge in [-0.15, -0.1) is 0 Å². The fraction of sp³-hybridized carbons (Fsp3) is 0.364. The van der Waals surface area contributed by atoms with Crippen molar-refractivity contribution in [1.82, 2.24) is 5.32 Å². The normalized spacial score (nSPS) is 18.7. The minimum atomic E-state index is -3.22. The molecule has 30 heavy (non-hydrogen) atoms. The number of carbonyl (C=O) groups is 2. The van der Waals surface area contributed by atoms with Crippen LogP contribution in [0.4, 0.5) is 4.79 Å². The van der Waals surface area contributed by atoms with Crippen LogP contribution >= 0.6 is 0 Å². The van der Waals surface area contributed by atoms with Crippen LogP contribution in [0.5, 0.6) is 0 Å². The summed E-state index contributed by atoms with van der Waals surface area (Å²) in [6.07, 6.45) is -0.833. The summed E-state index contributed by atoms with van der Waals surface area (Å²) in [5, 5.41) is 2.59.